The molecule has 0 spiro atoms. The summed E-state index contributed by atoms with van der Waals surface area (Å²) in [6, 6.07) is 14.0. The highest BCUT2D eigenvalue weighted by atomic mass is 32.1. The number of nitrogens with one attached hydrogen (secondary N) is 1. The van der Waals surface area contributed by atoms with Gasteiger partial charge in [-0.05, 0) is 69.2 Å². The van der Waals surface area contributed by atoms with E-state index in [0.717, 1.165) is 22.0 Å². The maximum atomic E-state index is 12.1. The Morgan fingerprint density at radius 1 is 1.21 bits per heavy atom. The summed E-state index contributed by atoms with van der Waals surface area (Å²) in [6.45, 7) is 4.37. The third kappa shape index (κ3) is 3.40. The molecule has 1 aliphatic carbocycles. The summed E-state index contributed by atoms with van der Waals surface area (Å²) in [5.41, 5.74) is 6.62. The molecule has 3 heterocycles. The van der Waals surface area contributed by atoms with Crippen molar-refractivity contribution in [3.8, 4) is 21.8 Å². The van der Waals surface area contributed by atoms with E-state index in [1.807, 2.05) is 24.3 Å². The van der Waals surface area contributed by atoms with Crippen LogP contribution in [0.5, 0.6) is 0 Å². The Morgan fingerprint density at radius 2 is 2.00 bits per heavy atom. The summed E-state index contributed by atoms with van der Waals surface area (Å²) in [5.74, 6) is 0.0349. The highest BCUT2D eigenvalue weighted by molar-refractivity contribution is 7.13. The lowest BCUT2D eigenvalue weighted by Crippen LogP contribution is -2.10. The highest BCUT2D eigenvalue weighted by Gasteiger charge is 2.27. The number of carbonyl (C=O) groups is 1. The summed E-state index contributed by atoms with van der Waals surface area (Å²) in [6.07, 6.45) is 4.04. The molecule has 1 aromatic carbocycles. The predicted octanol–water partition coefficient (Wildman–Crippen LogP) is 6.08. The van der Waals surface area contributed by atoms with E-state index >= 15 is 0 Å². The molecule has 0 saturated heterocycles. The van der Waals surface area contributed by atoms with Crippen LogP contribution in [0.15, 0.2) is 58.5 Å². The second-order valence-electron chi connectivity index (χ2n) is 7.43. The first-order valence-electron chi connectivity index (χ1n) is 9.70. The number of aromatic nitrogens is 2. The van der Waals surface area contributed by atoms with Crippen molar-refractivity contribution < 1.29 is 9.21 Å². The van der Waals surface area contributed by atoms with Crippen LogP contribution in [0.2, 0.25) is 0 Å². The van der Waals surface area contributed by atoms with Crippen LogP contribution in [-0.4, -0.2) is 15.5 Å². The quantitative estimate of drug-likeness (QED) is 0.439. The molecule has 3 aromatic heterocycles. The summed E-state index contributed by atoms with van der Waals surface area (Å²) in [5, 5.41) is 5.93. The molecular weight excluding hydrogens is 382 g/mol. The van der Waals surface area contributed by atoms with Gasteiger partial charge in [-0.2, -0.15) is 0 Å². The van der Waals surface area contributed by atoms with Crippen LogP contribution in [0.3, 0.4) is 0 Å². The van der Waals surface area contributed by atoms with Gasteiger partial charge in [0.05, 0.1) is 12.0 Å². The van der Waals surface area contributed by atoms with Crippen molar-refractivity contribution in [2.24, 2.45) is 0 Å². The Balaban J connectivity index is 1.35. The monoisotopic (exact) mass is 403 g/mol. The van der Waals surface area contributed by atoms with Crippen molar-refractivity contribution in [1.29, 1.82) is 0 Å². The number of aryl methyl sites for hydroxylation is 1. The lowest BCUT2D eigenvalue weighted by Gasteiger charge is -2.07. The number of rotatable bonds is 5. The van der Waals surface area contributed by atoms with Gasteiger partial charge in [-0.25, -0.2) is 4.98 Å². The van der Waals surface area contributed by atoms with E-state index in [-0.39, 0.29) is 5.91 Å². The van der Waals surface area contributed by atoms with Crippen molar-refractivity contribution in [2.75, 3.05) is 5.32 Å². The molecule has 1 amide bonds. The van der Waals surface area contributed by atoms with E-state index in [9.17, 15) is 4.79 Å². The van der Waals surface area contributed by atoms with Crippen LogP contribution >= 0.6 is 11.3 Å². The zero-order valence-electron chi connectivity index (χ0n) is 16.3. The minimum Gasteiger partial charge on any atom is -0.459 e. The number of hydrogen-bond acceptors (Lipinski definition) is 4. The fourth-order valence-electron chi connectivity index (χ4n) is 3.76. The van der Waals surface area contributed by atoms with E-state index in [2.05, 4.69) is 35.2 Å². The normalized spacial score (nSPS) is 13.6. The molecule has 0 atom stereocenters. The Morgan fingerprint density at radius 3 is 2.69 bits per heavy atom. The molecule has 1 fully saturated rings. The van der Waals surface area contributed by atoms with Gasteiger partial charge >= 0.3 is 0 Å². The van der Waals surface area contributed by atoms with Crippen LogP contribution < -0.4 is 5.32 Å². The minimum atomic E-state index is -0.259. The Kier molecular flexibility index (Phi) is 4.36. The van der Waals surface area contributed by atoms with Gasteiger partial charge in [-0.15, -0.1) is 11.3 Å². The second-order valence-corrected chi connectivity index (χ2v) is 8.29. The standard InChI is InChI=1S/C23H21N3O2S/c1-14-12-19(15(2)26(14)18-9-10-18)20-13-29-23(25-20)16-5-7-17(8-6-16)24-22(27)21-4-3-11-28-21/h3-8,11-13,18H,9-10H2,1-2H3,(H,24,27). The Bertz CT molecular complexity index is 1170. The number of thiazole rings is 1. The number of carbonyl (C=O) groups excluding carboxylic acids is 1. The van der Waals surface area contributed by atoms with Gasteiger partial charge < -0.3 is 14.3 Å². The van der Waals surface area contributed by atoms with Gasteiger partial charge in [-0.3, -0.25) is 4.79 Å². The third-order valence-corrected chi connectivity index (χ3v) is 6.20. The number of hydrogen-bond donors (Lipinski definition) is 1. The molecule has 29 heavy (non-hydrogen) atoms. The Hall–Kier alpha value is -3.12. The largest absolute Gasteiger partial charge is 0.459 e. The van der Waals surface area contributed by atoms with Gasteiger partial charge in [-0.1, -0.05) is 0 Å². The average Bonchev–Trinajstić information content (AvgIpc) is 3.13. The first kappa shape index (κ1) is 17.9. The predicted molar refractivity (Wildman–Crippen MR) is 115 cm³/mol. The maximum Gasteiger partial charge on any atom is 0.291 e. The molecule has 1 saturated carbocycles. The molecule has 1 N–H and O–H groups in total. The lowest BCUT2D eigenvalue weighted by molar-refractivity contribution is 0.0996. The number of nitrogens with zero attached hydrogens (tertiary/aromatic N) is 2. The van der Waals surface area contributed by atoms with Crippen LogP contribution in [0.25, 0.3) is 21.8 Å². The van der Waals surface area contributed by atoms with Gasteiger partial charge in [0.2, 0.25) is 0 Å². The molecule has 146 valence electrons. The zero-order chi connectivity index (χ0) is 20.0. The summed E-state index contributed by atoms with van der Waals surface area (Å²) < 4.78 is 7.57. The number of amides is 1. The number of furan rings is 1. The maximum absolute atomic E-state index is 12.1. The fraction of sp³-hybridized carbons (Fsp3) is 0.217. The Labute approximate surface area is 173 Å². The molecule has 0 aliphatic heterocycles. The third-order valence-electron chi connectivity index (χ3n) is 5.31. The van der Waals surface area contributed by atoms with Crippen molar-refractivity contribution >= 4 is 22.9 Å². The SMILES string of the molecule is Cc1cc(-c2csc(-c3ccc(NC(=O)c4ccco4)cc3)n2)c(C)n1C1CC1. The average molecular weight is 404 g/mol. The molecular formula is C23H21N3O2S. The van der Waals surface area contributed by atoms with Crippen LogP contribution in [0, 0.1) is 13.8 Å². The molecule has 0 radical (unpaired) electrons. The van der Waals surface area contributed by atoms with Crippen LogP contribution in [-0.2, 0) is 0 Å². The molecule has 0 unspecified atom stereocenters. The first-order chi connectivity index (χ1) is 14.1. The van der Waals surface area contributed by atoms with E-state index in [0.29, 0.717) is 11.8 Å². The van der Waals surface area contributed by atoms with E-state index in [1.54, 1.807) is 23.5 Å². The van der Waals surface area contributed by atoms with Crippen LogP contribution in [0.4, 0.5) is 5.69 Å². The minimum absolute atomic E-state index is 0.259. The molecule has 4 aromatic rings. The van der Waals surface area contributed by atoms with E-state index in [4.69, 9.17) is 9.40 Å². The van der Waals surface area contributed by atoms with Crippen LogP contribution in [0.1, 0.15) is 40.8 Å². The van der Waals surface area contributed by atoms with Crippen molar-refractivity contribution in [3.63, 3.8) is 0 Å². The molecule has 0 bridgehead atoms. The topological polar surface area (TPSA) is 60.1 Å². The van der Waals surface area contributed by atoms with Gasteiger partial charge in [0.15, 0.2) is 5.76 Å². The first-order valence-corrected chi connectivity index (χ1v) is 10.6. The zero-order valence-corrected chi connectivity index (χ0v) is 17.1. The van der Waals surface area contributed by atoms with Gasteiger partial charge in [0.1, 0.15) is 5.01 Å². The van der Waals surface area contributed by atoms with Gasteiger partial charge in [0.25, 0.3) is 5.91 Å². The molecule has 6 heteroatoms. The fourth-order valence-corrected chi connectivity index (χ4v) is 4.58. The van der Waals surface area contributed by atoms with E-state index < -0.39 is 0 Å². The molecule has 5 nitrogen and oxygen atoms in total. The molecule has 1 aliphatic rings. The smallest absolute Gasteiger partial charge is 0.291 e. The summed E-state index contributed by atoms with van der Waals surface area (Å²) >= 11 is 1.64. The number of anilines is 1. The van der Waals surface area contributed by atoms with E-state index in [1.165, 1.54) is 36.1 Å². The summed E-state index contributed by atoms with van der Waals surface area (Å²) in [4.78, 5) is 17.0. The number of benzene rings is 1. The van der Waals surface area contributed by atoms with Crippen molar-refractivity contribution in [1.82, 2.24) is 9.55 Å². The van der Waals surface area contributed by atoms with Crippen molar-refractivity contribution in [2.45, 2.75) is 32.7 Å². The van der Waals surface area contributed by atoms with Gasteiger partial charge in [0, 0.05) is 39.6 Å². The van der Waals surface area contributed by atoms with Crippen molar-refractivity contribution in [3.05, 3.63) is 71.3 Å². The summed E-state index contributed by atoms with van der Waals surface area (Å²) in [7, 11) is 0. The molecule has 5 rings (SSSR count). The lowest BCUT2D eigenvalue weighted by atomic mass is 10.2. The second kappa shape index (κ2) is 7.04. The highest BCUT2D eigenvalue weighted by Crippen LogP contribution is 2.41.